The highest BCUT2D eigenvalue weighted by molar-refractivity contribution is 9.10. The van der Waals surface area contributed by atoms with Gasteiger partial charge in [-0.2, -0.15) is 0 Å². The minimum absolute atomic E-state index is 0.439. The van der Waals surface area contributed by atoms with Crippen molar-refractivity contribution in [1.82, 2.24) is 14.4 Å². The molecular weight excluding hydrogens is 277 g/mol. The van der Waals surface area contributed by atoms with Gasteiger partial charge in [-0.05, 0) is 29.8 Å². The second kappa shape index (κ2) is 4.94. The third-order valence-electron chi connectivity index (χ3n) is 1.79. The summed E-state index contributed by atoms with van der Waals surface area (Å²) in [6.07, 6.45) is 1.89. The summed E-state index contributed by atoms with van der Waals surface area (Å²) in [4.78, 5) is 8.39. The maximum Gasteiger partial charge on any atom is 0.176 e. The lowest BCUT2D eigenvalue weighted by atomic mass is 10.5. The van der Waals surface area contributed by atoms with Crippen LogP contribution in [-0.4, -0.2) is 14.4 Å². The number of hydrogen-bond donors (Lipinski definition) is 0. The largest absolute Gasteiger partial charge is 0.290 e. The van der Waals surface area contributed by atoms with Crippen molar-refractivity contribution in [2.75, 3.05) is 0 Å². The second-order valence-corrected chi connectivity index (χ2v) is 3.96. The normalized spacial score (nSPS) is 10.0. The van der Waals surface area contributed by atoms with Gasteiger partial charge in [-0.1, -0.05) is 25.4 Å². The Morgan fingerprint density at radius 3 is 2.47 bits per heavy atom. The van der Waals surface area contributed by atoms with Gasteiger partial charge in [0.2, 0.25) is 0 Å². The molecule has 0 aliphatic carbocycles. The highest BCUT2D eigenvalue weighted by atomic mass is 79.9. The molecule has 0 fully saturated rings. The van der Waals surface area contributed by atoms with E-state index < -0.39 is 0 Å². The van der Waals surface area contributed by atoms with Gasteiger partial charge >= 0.3 is 0 Å². The predicted octanol–water partition coefficient (Wildman–Crippen LogP) is 3.79. The van der Waals surface area contributed by atoms with Crippen molar-refractivity contribution in [2.24, 2.45) is 0 Å². The van der Waals surface area contributed by atoms with Crippen LogP contribution in [0.15, 0.2) is 10.8 Å². The summed E-state index contributed by atoms with van der Waals surface area (Å²) < 4.78 is 2.81. The lowest BCUT2D eigenvalue weighted by Gasteiger charge is -1.98. The van der Waals surface area contributed by atoms with Gasteiger partial charge < -0.3 is 0 Å². The third-order valence-corrected chi connectivity index (χ3v) is 3.00. The third kappa shape index (κ3) is 2.32. The van der Waals surface area contributed by atoms with E-state index in [1.165, 1.54) is 0 Å². The maximum atomic E-state index is 5.93. The Balaban J connectivity index is 0.000000531. The molecule has 0 saturated carbocycles. The Morgan fingerprint density at radius 2 is 1.87 bits per heavy atom. The van der Waals surface area contributed by atoms with Crippen molar-refractivity contribution in [3.8, 4) is 0 Å². The zero-order valence-electron chi connectivity index (χ0n) is 9.17. The Bertz CT molecular complexity index is 479. The van der Waals surface area contributed by atoms with Gasteiger partial charge in [-0.25, -0.2) is 9.97 Å². The average Bonchev–Trinajstić information content (AvgIpc) is 2.49. The molecule has 0 N–H and O–H groups in total. The van der Waals surface area contributed by atoms with Crippen LogP contribution >= 0.6 is 27.5 Å². The van der Waals surface area contributed by atoms with Crippen molar-refractivity contribution in [2.45, 2.75) is 27.7 Å². The van der Waals surface area contributed by atoms with Crippen LogP contribution < -0.4 is 0 Å². The van der Waals surface area contributed by atoms with E-state index in [1.807, 2.05) is 38.3 Å². The predicted molar refractivity (Wildman–Crippen MR) is 66.5 cm³/mol. The van der Waals surface area contributed by atoms with Crippen molar-refractivity contribution in [1.29, 1.82) is 0 Å². The van der Waals surface area contributed by atoms with Crippen LogP contribution in [0.25, 0.3) is 5.65 Å². The van der Waals surface area contributed by atoms with E-state index >= 15 is 0 Å². The van der Waals surface area contributed by atoms with E-state index in [0.29, 0.717) is 10.8 Å². The molecule has 5 heteroatoms. The van der Waals surface area contributed by atoms with Crippen LogP contribution in [0.5, 0.6) is 0 Å². The molecule has 0 bridgehead atoms. The molecule has 2 rings (SSSR count). The number of rotatable bonds is 0. The molecule has 0 aromatic carbocycles. The molecule has 15 heavy (non-hydrogen) atoms. The molecule has 0 aliphatic heterocycles. The molecule has 0 amide bonds. The number of imidazole rings is 1. The van der Waals surface area contributed by atoms with Crippen LogP contribution in [0.4, 0.5) is 0 Å². The SMILES string of the molecule is CC.Cc1cn2c(Br)c(C)nc2c(Cl)n1. The zero-order valence-corrected chi connectivity index (χ0v) is 11.5. The number of nitrogens with zero attached hydrogens (tertiary/aromatic N) is 3. The van der Waals surface area contributed by atoms with Crippen LogP contribution in [0.3, 0.4) is 0 Å². The summed E-state index contributed by atoms with van der Waals surface area (Å²) in [7, 11) is 0. The fourth-order valence-electron chi connectivity index (χ4n) is 1.21. The molecule has 3 nitrogen and oxygen atoms in total. The van der Waals surface area contributed by atoms with Crippen molar-refractivity contribution in [3.63, 3.8) is 0 Å². The first-order valence-corrected chi connectivity index (χ1v) is 5.94. The first-order chi connectivity index (χ1) is 7.09. The average molecular weight is 291 g/mol. The molecule has 0 radical (unpaired) electrons. The number of aromatic nitrogens is 3. The first kappa shape index (κ1) is 12.5. The van der Waals surface area contributed by atoms with Crippen LogP contribution in [0.2, 0.25) is 5.15 Å². The Labute approximate surface area is 103 Å². The first-order valence-electron chi connectivity index (χ1n) is 4.77. The lowest BCUT2D eigenvalue weighted by molar-refractivity contribution is 1.05. The Morgan fingerprint density at radius 1 is 1.27 bits per heavy atom. The smallest absolute Gasteiger partial charge is 0.176 e. The molecule has 2 heterocycles. The zero-order chi connectivity index (χ0) is 11.6. The van der Waals surface area contributed by atoms with E-state index in [2.05, 4.69) is 25.9 Å². The minimum Gasteiger partial charge on any atom is -0.290 e. The Hall–Kier alpha value is -0.610. The van der Waals surface area contributed by atoms with Crippen LogP contribution in [0, 0.1) is 13.8 Å². The van der Waals surface area contributed by atoms with E-state index in [9.17, 15) is 0 Å². The summed E-state index contributed by atoms with van der Waals surface area (Å²) in [5.74, 6) is 0. The fourth-order valence-corrected chi connectivity index (χ4v) is 1.84. The van der Waals surface area contributed by atoms with Gasteiger partial charge in [0.15, 0.2) is 10.8 Å². The molecule has 0 spiro atoms. The topological polar surface area (TPSA) is 30.2 Å². The summed E-state index contributed by atoms with van der Waals surface area (Å²) in [6, 6.07) is 0. The van der Waals surface area contributed by atoms with E-state index in [-0.39, 0.29) is 0 Å². The highest BCUT2D eigenvalue weighted by Crippen LogP contribution is 2.22. The number of halogens is 2. The van der Waals surface area contributed by atoms with Gasteiger partial charge in [-0.3, -0.25) is 4.40 Å². The summed E-state index contributed by atoms with van der Waals surface area (Å²) >= 11 is 9.37. The quantitative estimate of drug-likeness (QED) is 0.739. The van der Waals surface area contributed by atoms with Gasteiger partial charge in [0.25, 0.3) is 0 Å². The molecule has 0 atom stereocenters. The maximum absolute atomic E-state index is 5.93. The van der Waals surface area contributed by atoms with E-state index in [0.717, 1.165) is 16.0 Å². The van der Waals surface area contributed by atoms with Crippen molar-refractivity contribution >= 4 is 33.2 Å². The molecule has 0 saturated heterocycles. The monoisotopic (exact) mass is 289 g/mol. The van der Waals surface area contributed by atoms with E-state index in [4.69, 9.17) is 11.6 Å². The van der Waals surface area contributed by atoms with Crippen LogP contribution in [-0.2, 0) is 0 Å². The molecular formula is C10H13BrClN3. The van der Waals surface area contributed by atoms with Gasteiger partial charge in [-0.15, -0.1) is 0 Å². The lowest BCUT2D eigenvalue weighted by Crippen LogP contribution is -1.91. The Kier molecular flexibility index (Phi) is 4.11. The van der Waals surface area contributed by atoms with Gasteiger partial charge in [0.1, 0.15) is 4.60 Å². The highest BCUT2D eigenvalue weighted by Gasteiger charge is 2.09. The minimum atomic E-state index is 0.439. The molecule has 2 aromatic heterocycles. The number of aryl methyl sites for hydroxylation is 2. The molecule has 82 valence electrons. The van der Waals surface area contributed by atoms with Crippen molar-refractivity contribution < 1.29 is 0 Å². The second-order valence-electron chi connectivity index (χ2n) is 2.85. The molecule has 2 aromatic rings. The summed E-state index contributed by atoms with van der Waals surface area (Å²) in [5, 5.41) is 0.439. The number of hydrogen-bond acceptors (Lipinski definition) is 2. The van der Waals surface area contributed by atoms with Crippen LogP contribution in [0.1, 0.15) is 25.2 Å². The number of fused-ring (bicyclic) bond motifs is 1. The summed E-state index contributed by atoms with van der Waals surface area (Å²) in [6.45, 7) is 7.82. The molecule has 0 aliphatic rings. The van der Waals surface area contributed by atoms with E-state index in [1.54, 1.807) is 0 Å². The standard InChI is InChI=1S/C8H7BrClN3.C2H6/c1-4-3-13-6(9)5(2)12-8(13)7(10)11-4;1-2/h3H,1-2H3;1-2H3. The molecule has 0 unspecified atom stereocenters. The van der Waals surface area contributed by atoms with Crippen molar-refractivity contribution in [3.05, 3.63) is 27.3 Å². The van der Waals surface area contributed by atoms with Gasteiger partial charge in [0.05, 0.1) is 11.4 Å². The fraction of sp³-hybridized carbons (Fsp3) is 0.400. The summed E-state index contributed by atoms with van der Waals surface area (Å²) in [5.41, 5.74) is 2.47. The van der Waals surface area contributed by atoms with Gasteiger partial charge in [0, 0.05) is 6.20 Å².